The number of hydrogen-bond donors (Lipinski definition) is 1. The highest BCUT2D eigenvalue weighted by Gasteiger charge is 2.08. The van der Waals surface area contributed by atoms with Crippen molar-refractivity contribution in [1.82, 2.24) is 0 Å². The average molecular weight is 307 g/mol. The monoisotopic (exact) mass is 306 g/mol. The molecular weight excluding hydrogens is 288 g/mol. The van der Waals surface area contributed by atoms with Crippen LogP contribution in [0.25, 0.3) is 0 Å². The Labute approximate surface area is 130 Å². The second kappa shape index (κ2) is 6.91. The van der Waals surface area contributed by atoms with Gasteiger partial charge in [-0.05, 0) is 36.1 Å². The molecule has 0 aliphatic heterocycles. The summed E-state index contributed by atoms with van der Waals surface area (Å²) in [4.78, 5) is 3.31. The van der Waals surface area contributed by atoms with Gasteiger partial charge in [0.2, 0.25) is 0 Å². The molecule has 2 rings (SSSR count). The lowest BCUT2D eigenvalue weighted by Gasteiger charge is -2.20. The van der Waals surface area contributed by atoms with Crippen LogP contribution in [0.15, 0.2) is 47.4 Å². The van der Waals surface area contributed by atoms with Gasteiger partial charge in [-0.15, -0.1) is 11.8 Å². The molecule has 0 aromatic heterocycles. The topological polar surface area (TPSA) is 15.3 Å². The molecule has 0 saturated carbocycles. The van der Waals surface area contributed by atoms with Gasteiger partial charge >= 0.3 is 0 Å². The molecule has 0 spiro atoms. The molecule has 0 heterocycles. The third-order valence-electron chi connectivity index (χ3n) is 3.08. The molecule has 2 aromatic carbocycles. The number of thioether (sulfide) groups is 1. The summed E-state index contributed by atoms with van der Waals surface area (Å²) < 4.78 is 0. The maximum absolute atomic E-state index is 6.26. The van der Waals surface area contributed by atoms with E-state index in [2.05, 4.69) is 41.9 Å². The van der Waals surface area contributed by atoms with Crippen molar-refractivity contribution in [2.24, 2.45) is 0 Å². The number of nitrogens with one attached hydrogen (secondary N) is 1. The Morgan fingerprint density at radius 1 is 1.10 bits per heavy atom. The predicted molar refractivity (Wildman–Crippen MR) is 91.3 cm³/mol. The Bertz CT molecular complexity index is 567. The smallest absolute Gasteiger partial charge is 0.0786 e. The standard InChI is InChI=1S/C16H19ClN2S/c1-19(2)16-14(17)5-4-6-15(16)18-11-12-7-9-13(20-3)10-8-12/h4-10,18H,11H2,1-3H3. The lowest BCUT2D eigenvalue weighted by Crippen LogP contribution is -2.12. The average Bonchev–Trinajstić information content (AvgIpc) is 2.45. The van der Waals surface area contributed by atoms with E-state index in [-0.39, 0.29) is 0 Å². The maximum atomic E-state index is 6.26. The number of rotatable bonds is 5. The summed E-state index contributed by atoms with van der Waals surface area (Å²) in [5.41, 5.74) is 3.33. The van der Waals surface area contributed by atoms with Crippen LogP contribution in [0.5, 0.6) is 0 Å². The quantitative estimate of drug-likeness (QED) is 0.803. The Kier molecular flexibility index (Phi) is 5.21. The molecule has 0 saturated heterocycles. The molecule has 2 aromatic rings. The summed E-state index contributed by atoms with van der Waals surface area (Å²) in [5, 5.41) is 4.22. The molecule has 0 fully saturated rings. The van der Waals surface area contributed by atoms with Gasteiger partial charge in [-0.25, -0.2) is 0 Å². The van der Waals surface area contributed by atoms with Crippen LogP contribution in [0.2, 0.25) is 5.02 Å². The van der Waals surface area contributed by atoms with Crippen LogP contribution in [0, 0.1) is 0 Å². The molecule has 106 valence electrons. The fraction of sp³-hybridized carbons (Fsp3) is 0.250. The fourth-order valence-electron chi connectivity index (χ4n) is 2.05. The summed E-state index contributed by atoms with van der Waals surface area (Å²) in [6.07, 6.45) is 2.09. The predicted octanol–water partition coefficient (Wildman–Crippen LogP) is 4.74. The zero-order valence-electron chi connectivity index (χ0n) is 12.0. The van der Waals surface area contributed by atoms with E-state index in [1.54, 1.807) is 11.8 Å². The summed E-state index contributed by atoms with van der Waals surface area (Å²) in [6, 6.07) is 14.5. The molecule has 0 radical (unpaired) electrons. The van der Waals surface area contributed by atoms with Gasteiger partial charge in [0.15, 0.2) is 0 Å². The lowest BCUT2D eigenvalue weighted by atomic mass is 10.2. The molecule has 0 unspecified atom stereocenters. The summed E-state index contributed by atoms with van der Waals surface area (Å²) in [6.45, 7) is 0.788. The SMILES string of the molecule is CSc1ccc(CNc2cccc(Cl)c2N(C)C)cc1. The van der Waals surface area contributed by atoms with Crippen LogP contribution in [-0.4, -0.2) is 20.4 Å². The van der Waals surface area contributed by atoms with E-state index in [1.165, 1.54) is 10.5 Å². The van der Waals surface area contributed by atoms with Gasteiger partial charge in [-0.3, -0.25) is 0 Å². The van der Waals surface area contributed by atoms with E-state index in [1.807, 2.05) is 31.1 Å². The zero-order chi connectivity index (χ0) is 14.5. The zero-order valence-corrected chi connectivity index (χ0v) is 13.6. The molecule has 4 heteroatoms. The highest BCUT2D eigenvalue weighted by molar-refractivity contribution is 7.98. The first kappa shape index (κ1) is 15.1. The first-order valence-electron chi connectivity index (χ1n) is 6.44. The van der Waals surface area contributed by atoms with Gasteiger partial charge < -0.3 is 10.2 Å². The molecule has 20 heavy (non-hydrogen) atoms. The highest BCUT2D eigenvalue weighted by Crippen LogP contribution is 2.32. The van der Waals surface area contributed by atoms with Crippen LogP contribution < -0.4 is 10.2 Å². The number of nitrogens with zero attached hydrogens (tertiary/aromatic N) is 1. The van der Waals surface area contributed by atoms with E-state index >= 15 is 0 Å². The minimum atomic E-state index is 0.762. The van der Waals surface area contributed by atoms with Crippen molar-refractivity contribution in [3.63, 3.8) is 0 Å². The molecule has 0 amide bonds. The summed E-state index contributed by atoms with van der Waals surface area (Å²) >= 11 is 8.02. The van der Waals surface area contributed by atoms with Gasteiger partial charge in [-0.1, -0.05) is 29.8 Å². The molecular formula is C16H19ClN2S. The van der Waals surface area contributed by atoms with E-state index in [4.69, 9.17) is 11.6 Å². The van der Waals surface area contributed by atoms with Crippen molar-refractivity contribution in [3.05, 3.63) is 53.1 Å². The third kappa shape index (κ3) is 3.62. The summed E-state index contributed by atoms with van der Waals surface area (Å²) in [5.74, 6) is 0. The van der Waals surface area contributed by atoms with Crippen LogP contribution in [0.3, 0.4) is 0 Å². The van der Waals surface area contributed by atoms with Crippen molar-refractivity contribution >= 4 is 34.7 Å². The van der Waals surface area contributed by atoms with Gasteiger partial charge in [0.1, 0.15) is 0 Å². The fourth-order valence-corrected chi connectivity index (χ4v) is 2.80. The lowest BCUT2D eigenvalue weighted by molar-refractivity contribution is 1.10. The van der Waals surface area contributed by atoms with Crippen molar-refractivity contribution < 1.29 is 0 Å². The van der Waals surface area contributed by atoms with E-state index in [9.17, 15) is 0 Å². The first-order chi connectivity index (χ1) is 9.61. The highest BCUT2D eigenvalue weighted by atomic mass is 35.5. The van der Waals surface area contributed by atoms with E-state index in [0.717, 1.165) is 22.9 Å². The minimum Gasteiger partial charge on any atom is -0.379 e. The maximum Gasteiger partial charge on any atom is 0.0786 e. The normalized spacial score (nSPS) is 10.4. The van der Waals surface area contributed by atoms with Crippen LogP contribution in [0.1, 0.15) is 5.56 Å². The molecule has 1 N–H and O–H groups in total. The number of halogens is 1. The third-order valence-corrected chi connectivity index (χ3v) is 4.12. The van der Waals surface area contributed by atoms with Crippen LogP contribution >= 0.6 is 23.4 Å². The Hall–Kier alpha value is -1.32. The largest absolute Gasteiger partial charge is 0.379 e. The van der Waals surface area contributed by atoms with E-state index in [0.29, 0.717) is 0 Å². The summed E-state index contributed by atoms with van der Waals surface area (Å²) in [7, 11) is 4.00. The second-order valence-electron chi connectivity index (χ2n) is 4.73. The molecule has 2 nitrogen and oxygen atoms in total. The molecule has 0 bridgehead atoms. The Morgan fingerprint density at radius 3 is 2.40 bits per heavy atom. The molecule has 0 atom stereocenters. The number of hydrogen-bond acceptors (Lipinski definition) is 3. The van der Waals surface area contributed by atoms with Gasteiger partial charge in [0, 0.05) is 25.5 Å². The van der Waals surface area contributed by atoms with E-state index < -0.39 is 0 Å². The first-order valence-corrected chi connectivity index (χ1v) is 8.04. The van der Waals surface area contributed by atoms with Gasteiger partial charge in [0.05, 0.1) is 16.4 Å². The van der Waals surface area contributed by atoms with Crippen molar-refractivity contribution in [3.8, 4) is 0 Å². The van der Waals surface area contributed by atoms with Crippen LogP contribution in [0.4, 0.5) is 11.4 Å². The Morgan fingerprint density at radius 2 is 1.80 bits per heavy atom. The molecule has 0 aliphatic carbocycles. The molecule has 0 aliphatic rings. The van der Waals surface area contributed by atoms with Gasteiger partial charge in [0.25, 0.3) is 0 Å². The van der Waals surface area contributed by atoms with Crippen molar-refractivity contribution in [1.29, 1.82) is 0 Å². The second-order valence-corrected chi connectivity index (χ2v) is 6.02. The number of benzene rings is 2. The Balaban J connectivity index is 2.12. The van der Waals surface area contributed by atoms with Crippen LogP contribution in [-0.2, 0) is 6.54 Å². The minimum absolute atomic E-state index is 0.762. The van der Waals surface area contributed by atoms with Crippen molar-refractivity contribution in [2.45, 2.75) is 11.4 Å². The van der Waals surface area contributed by atoms with Gasteiger partial charge in [-0.2, -0.15) is 0 Å². The van der Waals surface area contributed by atoms with Crippen molar-refractivity contribution in [2.75, 3.05) is 30.6 Å². The number of anilines is 2. The number of para-hydroxylation sites is 1.